The van der Waals surface area contributed by atoms with Gasteiger partial charge in [-0.3, -0.25) is 0 Å². The van der Waals surface area contributed by atoms with Gasteiger partial charge in [0, 0.05) is 16.9 Å². The molecular weight excluding hydrogens is 365 g/mol. The maximum Gasteiger partial charge on any atom is 0.206 e. The van der Waals surface area contributed by atoms with Crippen molar-refractivity contribution in [3.8, 4) is 5.75 Å². The maximum atomic E-state index is 13.8. The SMILES string of the molecule is Fc1cc2c(c(CSc3nnc(NCc4ccco4)s3)c1)OCOC2. The van der Waals surface area contributed by atoms with Gasteiger partial charge in [0.15, 0.2) is 11.1 Å². The molecule has 0 fully saturated rings. The Kier molecular flexibility index (Phi) is 4.86. The molecule has 4 rings (SSSR count). The summed E-state index contributed by atoms with van der Waals surface area (Å²) in [6.07, 6.45) is 1.63. The summed E-state index contributed by atoms with van der Waals surface area (Å²) >= 11 is 2.94. The number of thioether (sulfide) groups is 1. The van der Waals surface area contributed by atoms with Crippen LogP contribution in [0.2, 0.25) is 0 Å². The predicted octanol–water partition coefficient (Wildman–Crippen LogP) is 4.04. The Balaban J connectivity index is 1.39. The molecule has 1 aliphatic rings. The molecular formula is C16H14FN3O3S2. The Bertz CT molecular complexity index is 854. The number of fused-ring (bicyclic) bond motifs is 1. The third-order valence-electron chi connectivity index (χ3n) is 3.50. The van der Waals surface area contributed by atoms with Gasteiger partial charge in [-0.15, -0.1) is 10.2 Å². The molecule has 0 aliphatic carbocycles. The van der Waals surface area contributed by atoms with Crippen LogP contribution >= 0.6 is 23.1 Å². The quantitative estimate of drug-likeness (QED) is 0.648. The highest BCUT2D eigenvalue weighted by molar-refractivity contribution is 8.00. The number of halogens is 1. The minimum Gasteiger partial charge on any atom is -0.467 e. The molecule has 0 saturated carbocycles. The molecule has 9 heteroatoms. The Morgan fingerprint density at radius 2 is 2.28 bits per heavy atom. The van der Waals surface area contributed by atoms with Crippen molar-refractivity contribution in [3.05, 3.63) is 53.2 Å². The Morgan fingerprint density at radius 1 is 1.32 bits per heavy atom. The van der Waals surface area contributed by atoms with E-state index in [4.69, 9.17) is 13.9 Å². The summed E-state index contributed by atoms with van der Waals surface area (Å²) in [5, 5.41) is 12.1. The molecule has 0 radical (unpaired) electrons. The topological polar surface area (TPSA) is 69.4 Å². The largest absolute Gasteiger partial charge is 0.467 e. The lowest BCUT2D eigenvalue weighted by atomic mass is 10.1. The summed E-state index contributed by atoms with van der Waals surface area (Å²) in [5.41, 5.74) is 1.53. The number of hydrogen-bond acceptors (Lipinski definition) is 8. The lowest BCUT2D eigenvalue weighted by Crippen LogP contribution is -2.13. The molecule has 0 amide bonds. The van der Waals surface area contributed by atoms with Crippen LogP contribution in [0.25, 0.3) is 0 Å². The lowest BCUT2D eigenvalue weighted by Gasteiger charge is -2.20. The van der Waals surface area contributed by atoms with E-state index < -0.39 is 0 Å². The van der Waals surface area contributed by atoms with Crippen LogP contribution in [0.5, 0.6) is 5.75 Å². The number of ether oxygens (including phenoxy) is 2. The number of aromatic nitrogens is 2. The molecule has 0 bridgehead atoms. The second-order valence-corrected chi connectivity index (χ2v) is 7.46. The van der Waals surface area contributed by atoms with Crippen molar-refractivity contribution in [3.63, 3.8) is 0 Å². The predicted molar refractivity (Wildman–Crippen MR) is 92.2 cm³/mol. The minimum atomic E-state index is -0.290. The number of nitrogens with one attached hydrogen (secondary N) is 1. The van der Waals surface area contributed by atoms with E-state index in [1.165, 1.54) is 35.2 Å². The zero-order chi connectivity index (χ0) is 17.1. The fraction of sp³-hybridized carbons (Fsp3) is 0.250. The van der Waals surface area contributed by atoms with E-state index in [1.54, 1.807) is 6.26 Å². The zero-order valence-corrected chi connectivity index (χ0v) is 14.7. The molecule has 1 aliphatic heterocycles. The Hall–Kier alpha value is -2.10. The second-order valence-electron chi connectivity index (χ2n) is 5.26. The Morgan fingerprint density at radius 3 is 3.16 bits per heavy atom. The summed E-state index contributed by atoms with van der Waals surface area (Å²) < 4.78 is 30.5. The van der Waals surface area contributed by atoms with E-state index in [9.17, 15) is 4.39 Å². The van der Waals surface area contributed by atoms with Crippen LogP contribution in [0.3, 0.4) is 0 Å². The van der Waals surface area contributed by atoms with E-state index in [0.717, 1.165) is 21.2 Å². The number of rotatable bonds is 6. The highest BCUT2D eigenvalue weighted by Crippen LogP contribution is 2.35. The van der Waals surface area contributed by atoms with E-state index in [1.807, 2.05) is 12.1 Å². The normalized spacial score (nSPS) is 13.3. The average Bonchev–Trinajstić information content (AvgIpc) is 3.29. The summed E-state index contributed by atoms with van der Waals surface area (Å²) in [6, 6.07) is 6.67. The van der Waals surface area contributed by atoms with Gasteiger partial charge in [0.2, 0.25) is 5.13 Å². The van der Waals surface area contributed by atoms with Crippen LogP contribution in [-0.2, 0) is 23.6 Å². The van der Waals surface area contributed by atoms with Gasteiger partial charge in [0.05, 0.1) is 19.4 Å². The van der Waals surface area contributed by atoms with Crippen molar-refractivity contribution in [2.45, 2.75) is 23.2 Å². The van der Waals surface area contributed by atoms with E-state index in [-0.39, 0.29) is 12.6 Å². The number of furan rings is 1. The third-order valence-corrected chi connectivity index (χ3v) is 5.57. The fourth-order valence-corrected chi connectivity index (χ4v) is 4.13. The smallest absolute Gasteiger partial charge is 0.206 e. The molecule has 0 atom stereocenters. The Labute approximate surface area is 151 Å². The first-order valence-corrected chi connectivity index (χ1v) is 9.32. The highest BCUT2D eigenvalue weighted by Gasteiger charge is 2.17. The van der Waals surface area contributed by atoms with Gasteiger partial charge in [-0.2, -0.15) is 0 Å². The van der Waals surface area contributed by atoms with Gasteiger partial charge in [-0.25, -0.2) is 4.39 Å². The van der Waals surface area contributed by atoms with Crippen molar-refractivity contribution in [1.29, 1.82) is 0 Å². The molecule has 130 valence electrons. The highest BCUT2D eigenvalue weighted by atomic mass is 32.2. The lowest BCUT2D eigenvalue weighted by molar-refractivity contribution is -0.0171. The summed E-state index contributed by atoms with van der Waals surface area (Å²) in [5.74, 6) is 1.80. The van der Waals surface area contributed by atoms with Crippen LogP contribution in [-0.4, -0.2) is 17.0 Å². The van der Waals surface area contributed by atoms with Crippen LogP contribution in [0.1, 0.15) is 16.9 Å². The van der Waals surface area contributed by atoms with Crippen molar-refractivity contribution >= 4 is 28.2 Å². The monoisotopic (exact) mass is 379 g/mol. The van der Waals surface area contributed by atoms with Crippen molar-refractivity contribution in [2.24, 2.45) is 0 Å². The van der Waals surface area contributed by atoms with E-state index in [2.05, 4.69) is 15.5 Å². The zero-order valence-electron chi connectivity index (χ0n) is 13.0. The van der Waals surface area contributed by atoms with Crippen LogP contribution in [0, 0.1) is 5.82 Å². The molecule has 0 spiro atoms. The molecule has 1 N–H and O–H groups in total. The van der Waals surface area contributed by atoms with Gasteiger partial charge in [-0.05, 0) is 24.3 Å². The van der Waals surface area contributed by atoms with Crippen molar-refractivity contribution in [1.82, 2.24) is 10.2 Å². The minimum absolute atomic E-state index is 0.190. The number of benzene rings is 1. The van der Waals surface area contributed by atoms with Crippen molar-refractivity contribution < 1.29 is 18.3 Å². The number of nitrogens with zero attached hydrogens (tertiary/aromatic N) is 2. The van der Waals surface area contributed by atoms with Gasteiger partial charge in [0.1, 0.15) is 17.3 Å². The van der Waals surface area contributed by atoms with Crippen molar-refractivity contribution in [2.75, 3.05) is 12.1 Å². The van der Waals surface area contributed by atoms with Gasteiger partial charge in [0.25, 0.3) is 0 Å². The first kappa shape index (κ1) is 16.4. The molecule has 3 aromatic rings. The van der Waals surface area contributed by atoms with Crippen LogP contribution < -0.4 is 10.1 Å². The maximum absolute atomic E-state index is 13.8. The molecule has 2 aromatic heterocycles. The molecule has 0 unspecified atom stereocenters. The number of hydrogen-bond donors (Lipinski definition) is 1. The molecule has 0 saturated heterocycles. The van der Waals surface area contributed by atoms with Crippen LogP contribution in [0.15, 0.2) is 39.3 Å². The molecule has 3 heterocycles. The van der Waals surface area contributed by atoms with Crippen LogP contribution in [0.4, 0.5) is 9.52 Å². The molecule has 25 heavy (non-hydrogen) atoms. The van der Waals surface area contributed by atoms with E-state index >= 15 is 0 Å². The average molecular weight is 379 g/mol. The summed E-state index contributed by atoms with van der Waals surface area (Å²) in [6.45, 7) is 1.11. The third kappa shape index (κ3) is 3.94. The standard InChI is InChI=1S/C16H14FN3O3S2/c17-12-4-10-7-21-9-23-14(10)11(5-12)8-24-16-20-19-15(25-16)18-6-13-2-1-3-22-13/h1-5H,6-9H2,(H,18,19). The fourth-order valence-electron chi connectivity index (χ4n) is 2.42. The second kappa shape index (κ2) is 7.42. The van der Waals surface area contributed by atoms with Gasteiger partial charge < -0.3 is 19.2 Å². The van der Waals surface area contributed by atoms with Gasteiger partial charge in [-0.1, -0.05) is 23.1 Å². The first-order valence-electron chi connectivity index (χ1n) is 7.52. The van der Waals surface area contributed by atoms with E-state index in [0.29, 0.717) is 29.8 Å². The number of anilines is 1. The summed E-state index contributed by atoms with van der Waals surface area (Å²) in [7, 11) is 0. The molecule has 1 aromatic carbocycles. The molecule has 6 nitrogen and oxygen atoms in total. The van der Waals surface area contributed by atoms with Gasteiger partial charge >= 0.3 is 0 Å². The first-order chi connectivity index (χ1) is 12.3. The summed E-state index contributed by atoms with van der Waals surface area (Å²) in [4.78, 5) is 0.